The van der Waals surface area contributed by atoms with Crippen molar-refractivity contribution in [2.45, 2.75) is 19.4 Å². The lowest BCUT2D eigenvalue weighted by atomic mass is 10.1. The molecule has 1 atom stereocenters. The first-order chi connectivity index (χ1) is 9.25. The average molecular weight is 253 g/mol. The molecule has 19 heavy (non-hydrogen) atoms. The highest BCUT2D eigenvalue weighted by atomic mass is 16.2. The minimum Gasteiger partial charge on any atom is -0.292 e. The van der Waals surface area contributed by atoms with E-state index in [1.54, 1.807) is 17.2 Å². The number of hydrogen-bond acceptors (Lipinski definition) is 2. The minimum absolute atomic E-state index is 0.129. The van der Waals surface area contributed by atoms with Gasteiger partial charge >= 0.3 is 6.03 Å². The zero-order valence-corrected chi connectivity index (χ0v) is 10.7. The van der Waals surface area contributed by atoms with Crippen molar-refractivity contribution in [1.82, 2.24) is 4.98 Å². The van der Waals surface area contributed by atoms with E-state index in [-0.39, 0.29) is 12.1 Å². The van der Waals surface area contributed by atoms with Gasteiger partial charge in [-0.25, -0.2) is 9.78 Å². The van der Waals surface area contributed by atoms with Gasteiger partial charge in [-0.3, -0.25) is 10.2 Å². The van der Waals surface area contributed by atoms with Gasteiger partial charge in [0.05, 0.1) is 0 Å². The molecule has 1 aliphatic heterocycles. The van der Waals surface area contributed by atoms with Gasteiger partial charge in [0.2, 0.25) is 0 Å². The highest BCUT2D eigenvalue weighted by Crippen LogP contribution is 2.32. The maximum absolute atomic E-state index is 12.4. The van der Waals surface area contributed by atoms with Crippen LogP contribution < -0.4 is 10.2 Å². The molecular weight excluding hydrogens is 238 g/mol. The topological polar surface area (TPSA) is 45.2 Å². The normalized spacial score (nSPS) is 17.1. The van der Waals surface area contributed by atoms with Crippen LogP contribution in [0.25, 0.3) is 0 Å². The van der Waals surface area contributed by atoms with Crippen LogP contribution in [0.15, 0.2) is 48.7 Å². The fraction of sp³-hybridized carbons (Fsp3) is 0.200. The van der Waals surface area contributed by atoms with Gasteiger partial charge in [0, 0.05) is 17.9 Å². The van der Waals surface area contributed by atoms with E-state index in [2.05, 4.69) is 23.3 Å². The molecule has 1 N–H and O–H groups in total. The van der Waals surface area contributed by atoms with Gasteiger partial charge in [-0.1, -0.05) is 24.3 Å². The molecular formula is C15H15N3O. The Kier molecular flexibility index (Phi) is 2.91. The molecule has 2 aromatic rings. The average Bonchev–Trinajstić information content (AvgIpc) is 2.75. The molecule has 2 heterocycles. The van der Waals surface area contributed by atoms with Gasteiger partial charge in [0.25, 0.3) is 0 Å². The summed E-state index contributed by atoms with van der Waals surface area (Å²) in [5.74, 6) is 0.573. The van der Waals surface area contributed by atoms with Gasteiger partial charge in [-0.2, -0.15) is 0 Å². The van der Waals surface area contributed by atoms with Crippen molar-refractivity contribution in [2.75, 3.05) is 10.2 Å². The summed E-state index contributed by atoms with van der Waals surface area (Å²) < 4.78 is 0. The number of carbonyl (C=O) groups excluding carboxylic acids is 1. The van der Waals surface area contributed by atoms with E-state index in [1.165, 1.54) is 5.56 Å². The zero-order chi connectivity index (χ0) is 13.2. The van der Waals surface area contributed by atoms with Crippen LogP contribution in [0.4, 0.5) is 16.3 Å². The number of fused-ring (bicyclic) bond motifs is 1. The maximum atomic E-state index is 12.4. The molecule has 1 aromatic heterocycles. The first-order valence-electron chi connectivity index (χ1n) is 6.35. The van der Waals surface area contributed by atoms with Crippen LogP contribution >= 0.6 is 0 Å². The number of anilines is 2. The molecule has 0 fully saturated rings. The predicted molar refractivity (Wildman–Crippen MR) is 75.3 cm³/mol. The lowest BCUT2D eigenvalue weighted by molar-refractivity contribution is 0.255. The summed E-state index contributed by atoms with van der Waals surface area (Å²) in [4.78, 5) is 18.3. The minimum atomic E-state index is -0.129. The highest BCUT2D eigenvalue weighted by molar-refractivity contribution is 6.03. The van der Waals surface area contributed by atoms with Gasteiger partial charge in [0.1, 0.15) is 5.82 Å². The van der Waals surface area contributed by atoms with Gasteiger partial charge in [-0.15, -0.1) is 0 Å². The molecule has 96 valence electrons. The number of urea groups is 1. The second-order valence-corrected chi connectivity index (χ2v) is 4.70. The van der Waals surface area contributed by atoms with Crippen LogP contribution in [-0.4, -0.2) is 17.1 Å². The number of nitrogens with zero attached hydrogens (tertiary/aromatic N) is 2. The van der Waals surface area contributed by atoms with Crippen LogP contribution in [-0.2, 0) is 6.42 Å². The number of benzene rings is 1. The Balaban J connectivity index is 1.84. The van der Waals surface area contributed by atoms with Crippen molar-refractivity contribution in [3.8, 4) is 0 Å². The third-order valence-corrected chi connectivity index (χ3v) is 3.33. The number of carbonyl (C=O) groups is 1. The molecule has 0 spiro atoms. The molecule has 2 amide bonds. The molecule has 4 nitrogen and oxygen atoms in total. The summed E-state index contributed by atoms with van der Waals surface area (Å²) in [7, 11) is 0. The van der Waals surface area contributed by atoms with E-state index in [0.717, 1.165) is 12.1 Å². The van der Waals surface area contributed by atoms with Crippen LogP contribution in [0.5, 0.6) is 0 Å². The lowest BCUT2D eigenvalue weighted by Crippen LogP contribution is -2.39. The first-order valence-corrected chi connectivity index (χ1v) is 6.35. The summed E-state index contributed by atoms with van der Waals surface area (Å²) >= 11 is 0. The fourth-order valence-electron chi connectivity index (χ4n) is 2.48. The van der Waals surface area contributed by atoms with Crippen molar-refractivity contribution in [1.29, 1.82) is 0 Å². The van der Waals surface area contributed by atoms with Crippen LogP contribution in [0.3, 0.4) is 0 Å². The molecule has 4 heteroatoms. The highest BCUT2D eigenvalue weighted by Gasteiger charge is 2.30. The zero-order valence-electron chi connectivity index (χ0n) is 10.7. The van der Waals surface area contributed by atoms with Crippen molar-refractivity contribution in [2.24, 2.45) is 0 Å². The van der Waals surface area contributed by atoms with Crippen molar-refractivity contribution < 1.29 is 4.79 Å². The fourth-order valence-corrected chi connectivity index (χ4v) is 2.48. The summed E-state index contributed by atoms with van der Waals surface area (Å²) in [6.45, 7) is 2.05. The number of para-hydroxylation sites is 1. The number of aromatic nitrogens is 1. The van der Waals surface area contributed by atoms with E-state index in [9.17, 15) is 4.79 Å². The molecule has 1 aliphatic rings. The monoisotopic (exact) mass is 253 g/mol. The Morgan fingerprint density at radius 3 is 2.84 bits per heavy atom. The standard InChI is InChI=1S/C15H15N3O/c1-11-10-12-6-2-3-7-13(12)18(11)15(19)17-14-8-4-5-9-16-14/h2-9,11H,10H2,1H3,(H,16,17,19). The Morgan fingerprint density at radius 2 is 2.05 bits per heavy atom. The van der Waals surface area contributed by atoms with E-state index in [4.69, 9.17) is 0 Å². The number of nitrogens with one attached hydrogen (secondary N) is 1. The first kappa shape index (κ1) is 11.7. The SMILES string of the molecule is CC1Cc2ccccc2N1C(=O)Nc1ccccn1. The predicted octanol–water partition coefficient (Wildman–Crippen LogP) is 3.06. The molecule has 0 radical (unpaired) electrons. The second-order valence-electron chi connectivity index (χ2n) is 4.70. The Bertz CT molecular complexity index is 597. The summed E-state index contributed by atoms with van der Waals surface area (Å²) in [5.41, 5.74) is 2.20. The molecule has 0 saturated heterocycles. The number of rotatable bonds is 1. The Labute approximate surface area is 112 Å². The van der Waals surface area contributed by atoms with E-state index in [0.29, 0.717) is 5.82 Å². The summed E-state index contributed by atoms with van der Waals surface area (Å²) in [5, 5.41) is 2.83. The molecule has 1 aromatic carbocycles. The van der Waals surface area contributed by atoms with E-state index < -0.39 is 0 Å². The molecule has 0 saturated carbocycles. The second kappa shape index (κ2) is 4.72. The van der Waals surface area contributed by atoms with E-state index in [1.807, 2.05) is 30.3 Å². The van der Waals surface area contributed by atoms with Crippen molar-refractivity contribution in [3.63, 3.8) is 0 Å². The summed E-state index contributed by atoms with van der Waals surface area (Å²) in [6, 6.07) is 13.5. The van der Waals surface area contributed by atoms with Crippen molar-refractivity contribution in [3.05, 3.63) is 54.2 Å². The molecule has 3 rings (SSSR count). The van der Waals surface area contributed by atoms with Crippen LogP contribution in [0, 0.1) is 0 Å². The van der Waals surface area contributed by atoms with Crippen LogP contribution in [0.1, 0.15) is 12.5 Å². The maximum Gasteiger partial charge on any atom is 0.327 e. The molecule has 1 unspecified atom stereocenters. The Hall–Kier alpha value is -2.36. The van der Waals surface area contributed by atoms with E-state index >= 15 is 0 Å². The third-order valence-electron chi connectivity index (χ3n) is 3.33. The number of hydrogen-bond donors (Lipinski definition) is 1. The van der Waals surface area contributed by atoms with Gasteiger partial charge in [0.15, 0.2) is 0 Å². The largest absolute Gasteiger partial charge is 0.327 e. The molecule has 0 aliphatic carbocycles. The summed E-state index contributed by atoms with van der Waals surface area (Å²) in [6.07, 6.45) is 2.56. The van der Waals surface area contributed by atoms with Gasteiger partial charge < -0.3 is 0 Å². The van der Waals surface area contributed by atoms with Gasteiger partial charge in [-0.05, 0) is 37.1 Å². The molecule has 0 bridgehead atoms. The lowest BCUT2D eigenvalue weighted by Gasteiger charge is -2.22. The third kappa shape index (κ3) is 2.17. The number of pyridine rings is 1. The Morgan fingerprint density at radius 1 is 1.26 bits per heavy atom. The smallest absolute Gasteiger partial charge is 0.292 e. The quantitative estimate of drug-likeness (QED) is 0.849. The van der Waals surface area contributed by atoms with Crippen molar-refractivity contribution >= 4 is 17.5 Å². The van der Waals surface area contributed by atoms with Crippen LogP contribution in [0.2, 0.25) is 0 Å². The number of amides is 2.